The molecule has 0 N–H and O–H groups in total. The Morgan fingerprint density at radius 3 is 2.28 bits per heavy atom. The van der Waals surface area contributed by atoms with Gasteiger partial charge in [0.05, 0.1) is 18.0 Å². The van der Waals surface area contributed by atoms with Gasteiger partial charge < -0.3 is 4.90 Å². The van der Waals surface area contributed by atoms with Gasteiger partial charge in [-0.15, -0.1) is 11.3 Å². The molecule has 0 spiro atoms. The molecule has 1 fully saturated rings. The average Bonchev–Trinajstić information content (AvgIpc) is 3.54. The largest absolute Gasteiger partial charge is 0.332 e. The summed E-state index contributed by atoms with van der Waals surface area (Å²) in [6.45, 7) is 2.44. The molecule has 0 unspecified atom stereocenters. The van der Waals surface area contributed by atoms with Gasteiger partial charge in [0.15, 0.2) is 0 Å². The molecule has 5 nitrogen and oxygen atoms in total. The Labute approximate surface area is 192 Å². The second-order valence-electron chi connectivity index (χ2n) is 7.98. The number of halogens is 1. The number of sulfonamides is 1. The Balaban J connectivity index is 1.57. The molecule has 1 saturated carbocycles. The van der Waals surface area contributed by atoms with Crippen molar-refractivity contribution in [2.75, 3.05) is 6.54 Å². The minimum atomic E-state index is -3.77. The minimum absolute atomic E-state index is 0.152. The summed E-state index contributed by atoms with van der Waals surface area (Å²) < 4.78 is 41.2. The molecule has 0 aliphatic heterocycles. The highest BCUT2D eigenvalue weighted by Gasteiger charge is 2.40. The van der Waals surface area contributed by atoms with Crippen molar-refractivity contribution in [2.24, 2.45) is 0 Å². The fourth-order valence-corrected chi connectivity index (χ4v) is 6.10. The molecule has 168 valence electrons. The maximum atomic E-state index is 13.4. The molecule has 1 aromatic heterocycles. The summed E-state index contributed by atoms with van der Waals surface area (Å²) >= 11 is 1.60. The van der Waals surface area contributed by atoms with Crippen LogP contribution in [0.25, 0.3) is 0 Å². The number of rotatable bonds is 9. The van der Waals surface area contributed by atoms with Gasteiger partial charge in [-0.3, -0.25) is 4.79 Å². The van der Waals surface area contributed by atoms with E-state index < -0.39 is 10.0 Å². The Morgan fingerprint density at radius 1 is 1.00 bits per heavy atom. The predicted octanol–water partition coefficient (Wildman–Crippen LogP) is 4.58. The van der Waals surface area contributed by atoms with Crippen LogP contribution >= 0.6 is 11.3 Å². The van der Waals surface area contributed by atoms with Gasteiger partial charge in [-0.2, -0.15) is 4.31 Å². The lowest BCUT2D eigenvalue weighted by Gasteiger charge is -2.27. The van der Waals surface area contributed by atoms with Crippen LogP contribution in [0.15, 0.2) is 71.6 Å². The Hall–Kier alpha value is -2.55. The second kappa shape index (κ2) is 9.52. The summed E-state index contributed by atoms with van der Waals surface area (Å²) in [6.07, 6.45) is 1.50. The van der Waals surface area contributed by atoms with Gasteiger partial charge in [-0.25, -0.2) is 12.8 Å². The molecule has 2 aromatic carbocycles. The van der Waals surface area contributed by atoms with E-state index in [0.29, 0.717) is 6.54 Å². The second-order valence-corrected chi connectivity index (χ2v) is 11.2. The van der Waals surface area contributed by atoms with Gasteiger partial charge in [0.1, 0.15) is 5.82 Å². The number of amides is 1. The van der Waals surface area contributed by atoms with E-state index in [9.17, 15) is 17.6 Å². The fraction of sp³-hybridized carbons (Fsp3) is 0.292. The predicted molar refractivity (Wildman–Crippen MR) is 123 cm³/mol. The highest BCUT2D eigenvalue weighted by molar-refractivity contribution is 7.89. The molecular formula is C24H25FN2O3S2. The molecule has 8 heteroatoms. The van der Waals surface area contributed by atoms with Crippen molar-refractivity contribution in [1.82, 2.24) is 9.21 Å². The number of thiophene rings is 1. The molecule has 1 amide bonds. The summed E-state index contributed by atoms with van der Waals surface area (Å²) in [4.78, 5) is 17.4. The molecule has 1 aliphatic rings. The first-order valence-electron chi connectivity index (χ1n) is 10.5. The summed E-state index contributed by atoms with van der Waals surface area (Å²) in [5.74, 6) is -0.610. The standard InChI is InChI=1S/C24H25FN2O3S2/c1-18-7-14-22(31-18)16-26(15-19-8-10-20(25)11-9-19)24(28)17-27(21-12-13-21)32(29,30)23-5-3-2-4-6-23/h2-11,14,21H,12-13,15-17H2,1H3. The number of nitrogens with zero attached hydrogens (tertiary/aromatic N) is 2. The lowest BCUT2D eigenvalue weighted by molar-refractivity contribution is -0.132. The van der Waals surface area contributed by atoms with E-state index in [4.69, 9.17) is 0 Å². The van der Waals surface area contributed by atoms with Crippen LogP contribution in [0, 0.1) is 12.7 Å². The number of hydrogen-bond acceptors (Lipinski definition) is 4. The van der Waals surface area contributed by atoms with Crippen LogP contribution in [0.2, 0.25) is 0 Å². The van der Waals surface area contributed by atoms with E-state index in [-0.39, 0.29) is 35.8 Å². The number of carbonyl (C=O) groups excluding carboxylic acids is 1. The molecule has 1 aliphatic carbocycles. The average molecular weight is 473 g/mol. The van der Waals surface area contributed by atoms with Crippen LogP contribution in [0.1, 0.15) is 28.2 Å². The van der Waals surface area contributed by atoms with Gasteiger partial charge in [0.25, 0.3) is 0 Å². The Bertz CT molecular complexity index is 1170. The molecule has 4 rings (SSSR count). The maximum Gasteiger partial charge on any atom is 0.243 e. The molecule has 0 atom stereocenters. The first-order valence-corrected chi connectivity index (χ1v) is 12.7. The summed E-state index contributed by atoms with van der Waals surface area (Å²) in [7, 11) is -3.77. The van der Waals surface area contributed by atoms with Crippen LogP contribution in [0.5, 0.6) is 0 Å². The fourth-order valence-electron chi connectivity index (χ4n) is 3.53. The molecule has 3 aromatic rings. The molecule has 32 heavy (non-hydrogen) atoms. The number of carbonyl (C=O) groups is 1. The maximum absolute atomic E-state index is 13.4. The van der Waals surface area contributed by atoms with Crippen molar-refractivity contribution in [1.29, 1.82) is 0 Å². The third kappa shape index (κ3) is 5.43. The zero-order chi connectivity index (χ0) is 22.7. The monoisotopic (exact) mass is 472 g/mol. The van der Waals surface area contributed by atoms with Gasteiger partial charge in [-0.05, 0) is 61.7 Å². The van der Waals surface area contributed by atoms with Crippen LogP contribution in [0.4, 0.5) is 4.39 Å². The SMILES string of the molecule is Cc1ccc(CN(Cc2ccc(F)cc2)C(=O)CN(C2CC2)S(=O)(=O)c2ccccc2)s1. The van der Waals surface area contributed by atoms with Gasteiger partial charge in [0, 0.05) is 22.3 Å². The quantitative estimate of drug-likeness (QED) is 0.458. The van der Waals surface area contributed by atoms with E-state index in [2.05, 4.69) is 0 Å². The highest BCUT2D eigenvalue weighted by atomic mass is 32.2. The molecule has 0 radical (unpaired) electrons. The summed E-state index contributed by atoms with van der Waals surface area (Å²) in [6, 6.07) is 18.1. The first-order chi connectivity index (χ1) is 15.3. The first kappa shape index (κ1) is 22.6. The lowest BCUT2D eigenvalue weighted by atomic mass is 10.2. The van der Waals surface area contributed by atoms with Crippen LogP contribution in [-0.2, 0) is 27.9 Å². The number of benzene rings is 2. The molecule has 0 bridgehead atoms. The third-order valence-corrected chi connectivity index (χ3v) is 8.28. The minimum Gasteiger partial charge on any atom is -0.332 e. The van der Waals surface area contributed by atoms with Crippen molar-refractivity contribution in [2.45, 2.75) is 43.8 Å². The van der Waals surface area contributed by atoms with Crippen molar-refractivity contribution < 1.29 is 17.6 Å². The zero-order valence-corrected chi connectivity index (χ0v) is 19.4. The normalized spacial score (nSPS) is 14.0. The van der Waals surface area contributed by atoms with Gasteiger partial charge in [0.2, 0.25) is 15.9 Å². The van der Waals surface area contributed by atoms with E-state index >= 15 is 0 Å². The van der Waals surface area contributed by atoms with Crippen molar-refractivity contribution >= 4 is 27.3 Å². The van der Waals surface area contributed by atoms with Gasteiger partial charge in [-0.1, -0.05) is 30.3 Å². The van der Waals surface area contributed by atoms with Crippen LogP contribution in [-0.4, -0.2) is 36.1 Å². The topological polar surface area (TPSA) is 57.7 Å². The highest BCUT2D eigenvalue weighted by Crippen LogP contribution is 2.32. The van der Waals surface area contributed by atoms with E-state index in [1.807, 2.05) is 19.1 Å². The van der Waals surface area contributed by atoms with Crippen LogP contribution < -0.4 is 0 Å². The zero-order valence-electron chi connectivity index (χ0n) is 17.8. The molecule has 1 heterocycles. The summed E-state index contributed by atoms with van der Waals surface area (Å²) in [5.41, 5.74) is 0.789. The smallest absolute Gasteiger partial charge is 0.243 e. The van der Waals surface area contributed by atoms with Crippen molar-refractivity contribution in [3.63, 3.8) is 0 Å². The molecular weight excluding hydrogens is 447 g/mol. The van der Waals surface area contributed by atoms with Crippen molar-refractivity contribution in [3.05, 3.63) is 87.9 Å². The number of aryl methyl sites for hydroxylation is 1. The van der Waals surface area contributed by atoms with E-state index in [0.717, 1.165) is 28.2 Å². The van der Waals surface area contributed by atoms with Gasteiger partial charge >= 0.3 is 0 Å². The Morgan fingerprint density at radius 2 is 1.69 bits per heavy atom. The van der Waals surface area contributed by atoms with E-state index in [1.54, 1.807) is 58.7 Å². The third-order valence-electron chi connectivity index (χ3n) is 5.38. The molecule has 0 saturated heterocycles. The summed E-state index contributed by atoms with van der Waals surface area (Å²) in [5, 5.41) is 0. The lowest BCUT2D eigenvalue weighted by Crippen LogP contribution is -2.43. The van der Waals surface area contributed by atoms with E-state index in [1.165, 1.54) is 16.4 Å². The Kier molecular flexibility index (Phi) is 6.74. The van der Waals surface area contributed by atoms with Crippen LogP contribution in [0.3, 0.4) is 0 Å². The number of hydrogen-bond donors (Lipinski definition) is 0. The van der Waals surface area contributed by atoms with Crippen molar-refractivity contribution in [3.8, 4) is 0 Å².